The van der Waals surface area contributed by atoms with Gasteiger partial charge < -0.3 is 10.2 Å². The summed E-state index contributed by atoms with van der Waals surface area (Å²) in [6, 6.07) is 3.54. The van der Waals surface area contributed by atoms with Gasteiger partial charge in [-0.1, -0.05) is 31.9 Å². The zero-order valence-electron chi connectivity index (χ0n) is 13.3. The van der Waals surface area contributed by atoms with E-state index in [9.17, 15) is 9.59 Å². The van der Waals surface area contributed by atoms with E-state index in [0.29, 0.717) is 0 Å². The van der Waals surface area contributed by atoms with Crippen molar-refractivity contribution in [3.05, 3.63) is 28.8 Å². The van der Waals surface area contributed by atoms with E-state index in [1.165, 1.54) is 6.92 Å². The third kappa shape index (κ3) is 2.94. The summed E-state index contributed by atoms with van der Waals surface area (Å²) in [4.78, 5) is 26.0. The van der Waals surface area contributed by atoms with E-state index < -0.39 is 6.04 Å². The number of carbonyl (C=O) groups is 2. The van der Waals surface area contributed by atoms with Crippen molar-refractivity contribution in [2.24, 2.45) is 0 Å². The standard InChI is InChI=1S/C17H24N2O2/c1-5-6-7-10-19-16-12(3)9-8-11(2)14(16)15(17(19)21)18-13(4)20/h8-9,15H,5-7,10H2,1-4H3,(H,18,20)/t15-/m0/s1. The van der Waals surface area contributed by atoms with Gasteiger partial charge in [-0.3, -0.25) is 9.59 Å². The van der Waals surface area contributed by atoms with E-state index in [-0.39, 0.29) is 11.8 Å². The normalized spacial score (nSPS) is 17.0. The van der Waals surface area contributed by atoms with E-state index in [1.807, 2.05) is 30.9 Å². The summed E-state index contributed by atoms with van der Waals surface area (Å²) in [6.07, 6.45) is 3.22. The van der Waals surface area contributed by atoms with Gasteiger partial charge >= 0.3 is 0 Å². The Kier molecular flexibility index (Phi) is 4.66. The minimum Gasteiger partial charge on any atom is -0.341 e. The molecule has 2 amide bonds. The Morgan fingerprint density at radius 1 is 1.24 bits per heavy atom. The molecule has 1 atom stereocenters. The number of fused-ring (bicyclic) bond motifs is 1. The number of nitrogens with zero attached hydrogens (tertiary/aromatic N) is 1. The molecule has 1 aromatic rings. The molecule has 1 aliphatic rings. The molecule has 1 N–H and O–H groups in total. The Bertz CT molecular complexity index is 566. The molecule has 0 saturated carbocycles. The second kappa shape index (κ2) is 6.29. The van der Waals surface area contributed by atoms with Crippen LogP contribution in [0.2, 0.25) is 0 Å². The molecule has 2 rings (SSSR count). The van der Waals surface area contributed by atoms with Gasteiger partial charge in [-0.15, -0.1) is 0 Å². The molecule has 0 unspecified atom stereocenters. The molecule has 1 heterocycles. The second-order valence-corrected chi connectivity index (χ2v) is 5.79. The number of rotatable bonds is 5. The predicted octanol–water partition coefficient (Wildman–Crippen LogP) is 3.02. The van der Waals surface area contributed by atoms with Gasteiger partial charge in [0, 0.05) is 19.0 Å². The van der Waals surface area contributed by atoms with E-state index in [1.54, 1.807) is 0 Å². The van der Waals surface area contributed by atoms with Gasteiger partial charge in [0.05, 0.1) is 5.69 Å². The number of anilines is 1. The van der Waals surface area contributed by atoms with Gasteiger partial charge in [-0.25, -0.2) is 0 Å². The van der Waals surface area contributed by atoms with E-state index in [4.69, 9.17) is 0 Å². The number of amides is 2. The summed E-state index contributed by atoms with van der Waals surface area (Å²) in [7, 11) is 0. The molecule has 21 heavy (non-hydrogen) atoms. The van der Waals surface area contributed by atoms with Gasteiger partial charge in [0.2, 0.25) is 5.91 Å². The first-order valence-electron chi connectivity index (χ1n) is 7.66. The van der Waals surface area contributed by atoms with E-state index >= 15 is 0 Å². The first kappa shape index (κ1) is 15.5. The van der Waals surface area contributed by atoms with Crippen LogP contribution in [0.1, 0.15) is 55.8 Å². The van der Waals surface area contributed by atoms with Crippen LogP contribution in [-0.4, -0.2) is 18.4 Å². The number of unbranched alkanes of at least 4 members (excludes halogenated alkanes) is 2. The van der Waals surface area contributed by atoms with Gasteiger partial charge in [-0.05, 0) is 31.4 Å². The molecule has 0 radical (unpaired) electrons. The monoisotopic (exact) mass is 288 g/mol. The van der Waals surface area contributed by atoms with Gasteiger partial charge in [0.1, 0.15) is 6.04 Å². The fraction of sp³-hybridized carbons (Fsp3) is 0.529. The minimum atomic E-state index is -0.529. The third-order valence-electron chi connectivity index (χ3n) is 4.04. The lowest BCUT2D eigenvalue weighted by atomic mass is 9.99. The van der Waals surface area contributed by atoms with Gasteiger partial charge in [0.25, 0.3) is 5.91 Å². The zero-order valence-corrected chi connectivity index (χ0v) is 13.3. The lowest BCUT2D eigenvalue weighted by Gasteiger charge is -2.19. The van der Waals surface area contributed by atoms with Crippen molar-refractivity contribution in [3.63, 3.8) is 0 Å². The molecule has 0 fully saturated rings. The van der Waals surface area contributed by atoms with E-state index in [0.717, 1.165) is 48.2 Å². The van der Waals surface area contributed by atoms with Crippen LogP contribution >= 0.6 is 0 Å². The Labute approximate surface area is 126 Å². The predicted molar refractivity (Wildman–Crippen MR) is 84.4 cm³/mol. The summed E-state index contributed by atoms with van der Waals surface area (Å²) < 4.78 is 0. The number of nitrogens with one attached hydrogen (secondary N) is 1. The average molecular weight is 288 g/mol. The maximum atomic E-state index is 12.7. The van der Waals surface area contributed by atoms with Crippen molar-refractivity contribution < 1.29 is 9.59 Å². The SMILES string of the molecule is CCCCCN1C(=O)[C@@H](NC(C)=O)c2c(C)ccc(C)c21. The van der Waals surface area contributed by atoms with Crippen LogP contribution < -0.4 is 10.2 Å². The number of carbonyl (C=O) groups excluding carboxylic acids is 2. The Balaban J connectivity index is 2.41. The molecule has 1 aliphatic heterocycles. The molecule has 0 aromatic heterocycles. The van der Waals surface area contributed by atoms with Crippen molar-refractivity contribution in [2.45, 2.75) is 53.0 Å². The minimum absolute atomic E-state index is 0.00583. The lowest BCUT2D eigenvalue weighted by molar-refractivity contribution is -0.126. The van der Waals surface area contributed by atoms with Crippen molar-refractivity contribution in [2.75, 3.05) is 11.4 Å². The number of benzene rings is 1. The molecule has 114 valence electrons. The lowest BCUT2D eigenvalue weighted by Crippen LogP contribution is -2.37. The van der Waals surface area contributed by atoms with Crippen molar-refractivity contribution in [1.29, 1.82) is 0 Å². The fourth-order valence-corrected chi connectivity index (χ4v) is 3.01. The molecule has 1 aromatic carbocycles. The summed E-state index contributed by atoms with van der Waals surface area (Å²) in [5.74, 6) is -0.177. The molecule has 0 saturated heterocycles. The highest BCUT2D eigenvalue weighted by atomic mass is 16.2. The molecular weight excluding hydrogens is 264 g/mol. The number of hydrogen-bond acceptors (Lipinski definition) is 2. The maximum Gasteiger partial charge on any atom is 0.254 e. The smallest absolute Gasteiger partial charge is 0.254 e. The van der Waals surface area contributed by atoms with Gasteiger partial charge in [0.15, 0.2) is 0 Å². The van der Waals surface area contributed by atoms with Crippen LogP contribution in [0.25, 0.3) is 0 Å². The maximum absolute atomic E-state index is 12.7. The molecular formula is C17H24N2O2. The summed E-state index contributed by atoms with van der Waals surface area (Å²) in [5.41, 5.74) is 4.11. The van der Waals surface area contributed by atoms with Crippen LogP contribution in [0.5, 0.6) is 0 Å². The van der Waals surface area contributed by atoms with Crippen LogP contribution in [0.4, 0.5) is 5.69 Å². The highest BCUT2D eigenvalue weighted by Gasteiger charge is 2.39. The topological polar surface area (TPSA) is 49.4 Å². The fourth-order valence-electron chi connectivity index (χ4n) is 3.01. The third-order valence-corrected chi connectivity index (χ3v) is 4.04. The second-order valence-electron chi connectivity index (χ2n) is 5.79. The zero-order chi connectivity index (χ0) is 15.6. The largest absolute Gasteiger partial charge is 0.341 e. The average Bonchev–Trinajstić information content (AvgIpc) is 2.69. The first-order chi connectivity index (χ1) is 9.97. The molecule has 4 heteroatoms. The molecule has 0 aliphatic carbocycles. The van der Waals surface area contributed by atoms with Crippen molar-refractivity contribution in [3.8, 4) is 0 Å². The summed E-state index contributed by atoms with van der Waals surface area (Å²) >= 11 is 0. The first-order valence-corrected chi connectivity index (χ1v) is 7.66. The van der Waals surface area contributed by atoms with E-state index in [2.05, 4.69) is 12.2 Å². The van der Waals surface area contributed by atoms with Gasteiger partial charge in [-0.2, -0.15) is 0 Å². The summed E-state index contributed by atoms with van der Waals surface area (Å²) in [5, 5.41) is 2.81. The Hall–Kier alpha value is -1.84. The van der Waals surface area contributed by atoms with Crippen molar-refractivity contribution >= 4 is 17.5 Å². The highest BCUT2D eigenvalue weighted by molar-refractivity contribution is 6.07. The quantitative estimate of drug-likeness (QED) is 0.847. The van der Waals surface area contributed by atoms with Crippen molar-refractivity contribution in [1.82, 2.24) is 5.32 Å². The van der Waals surface area contributed by atoms with Crippen LogP contribution in [0, 0.1) is 13.8 Å². The molecule has 0 spiro atoms. The van der Waals surface area contributed by atoms with Crippen LogP contribution in [-0.2, 0) is 9.59 Å². The van der Waals surface area contributed by atoms with Crippen LogP contribution in [0.3, 0.4) is 0 Å². The van der Waals surface area contributed by atoms with Crippen LogP contribution in [0.15, 0.2) is 12.1 Å². The Morgan fingerprint density at radius 2 is 1.90 bits per heavy atom. The molecule has 4 nitrogen and oxygen atoms in total. The number of aryl methyl sites for hydroxylation is 2. The molecule has 0 bridgehead atoms. The highest BCUT2D eigenvalue weighted by Crippen LogP contribution is 2.40. The number of hydrogen-bond donors (Lipinski definition) is 1. The Morgan fingerprint density at radius 3 is 2.52 bits per heavy atom. The summed E-state index contributed by atoms with van der Waals surface area (Å²) in [6.45, 7) is 8.34.